The summed E-state index contributed by atoms with van der Waals surface area (Å²) in [4.78, 5) is 28.5. The first-order chi connectivity index (χ1) is 14.1. The fraction of sp³-hybridized carbons (Fsp3) is 0.300. The number of anilines is 1. The number of likely N-dealkylation sites (tertiary alicyclic amines) is 1. The van der Waals surface area contributed by atoms with Crippen LogP contribution in [0.3, 0.4) is 0 Å². The SMILES string of the molecule is Cn1cnnc1SCC(=O)Nc1cccc(C(=O)N2CCCC2c2cccs2)c1. The van der Waals surface area contributed by atoms with Gasteiger partial charge in [-0.3, -0.25) is 9.59 Å². The van der Waals surface area contributed by atoms with Gasteiger partial charge in [0, 0.05) is 29.7 Å². The zero-order valence-electron chi connectivity index (χ0n) is 15.9. The molecule has 3 heterocycles. The van der Waals surface area contributed by atoms with Crippen LogP contribution in [0, 0.1) is 0 Å². The van der Waals surface area contributed by atoms with E-state index in [1.807, 2.05) is 23.4 Å². The number of carbonyl (C=O) groups excluding carboxylic acids is 2. The molecule has 29 heavy (non-hydrogen) atoms. The minimum absolute atomic E-state index is 0.00505. The average Bonchev–Trinajstić information content (AvgIpc) is 3.47. The Balaban J connectivity index is 1.41. The van der Waals surface area contributed by atoms with Gasteiger partial charge in [-0.1, -0.05) is 23.9 Å². The van der Waals surface area contributed by atoms with Crippen molar-refractivity contribution in [3.05, 3.63) is 58.5 Å². The number of nitrogens with zero attached hydrogens (tertiary/aromatic N) is 4. The number of thiophene rings is 1. The Bertz CT molecular complexity index is 1000. The zero-order valence-corrected chi connectivity index (χ0v) is 17.6. The van der Waals surface area contributed by atoms with E-state index in [0.717, 1.165) is 19.4 Å². The Kier molecular flexibility index (Phi) is 5.96. The summed E-state index contributed by atoms with van der Waals surface area (Å²) in [5.74, 6) is 0.0720. The molecule has 4 rings (SSSR count). The van der Waals surface area contributed by atoms with Crippen LogP contribution in [0.2, 0.25) is 0 Å². The number of carbonyl (C=O) groups is 2. The molecule has 0 spiro atoms. The maximum Gasteiger partial charge on any atom is 0.254 e. The lowest BCUT2D eigenvalue weighted by Crippen LogP contribution is -2.30. The fourth-order valence-corrected chi connectivity index (χ4v) is 4.97. The van der Waals surface area contributed by atoms with Crippen LogP contribution >= 0.6 is 23.1 Å². The van der Waals surface area contributed by atoms with Crippen molar-refractivity contribution in [1.82, 2.24) is 19.7 Å². The molecule has 1 saturated heterocycles. The quantitative estimate of drug-likeness (QED) is 0.608. The number of aromatic nitrogens is 3. The maximum atomic E-state index is 13.1. The third-order valence-electron chi connectivity index (χ3n) is 4.78. The van der Waals surface area contributed by atoms with Crippen molar-refractivity contribution in [2.24, 2.45) is 7.05 Å². The molecular formula is C20H21N5O2S2. The Hall–Kier alpha value is -2.65. The second-order valence-corrected chi connectivity index (χ2v) is 8.74. The highest BCUT2D eigenvalue weighted by molar-refractivity contribution is 7.99. The lowest BCUT2D eigenvalue weighted by atomic mass is 10.1. The monoisotopic (exact) mass is 427 g/mol. The van der Waals surface area contributed by atoms with Gasteiger partial charge >= 0.3 is 0 Å². The molecule has 1 atom stereocenters. The molecular weight excluding hydrogens is 406 g/mol. The smallest absolute Gasteiger partial charge is 0.254 e. The van der Waals surface area contributed by atoms with Crippen molar-refractivity contribution < 1.29 is 9.59 Å². The third kappa shape index (κ3) is 4.51. The second-order valence-electron chi connectivity index (χ2n) is 6.81. The molecule has 2 amide bonds. The molecule has 1 unspecified atom stereocenters. The number of thioether (sulfide) groups is 1. The van der Waals surface area contributed by atoms with Gasteiger partial charge in [0.1, 0.15) is 6.33 Å². The molecule has 1 fully saturated rings. The number of hydrogen-bond donors (Lipinski definition) is 1. The summed E-state index contributed by atoms with van der Waals surface area (Å²) in [5.41, 5.74) is 1.21. The number of aryl methyl sites for hydroxylation is 1. The first-order valence-corrected chi connectivity index (χ1v) is 11.2. The van der Waals surface area contributed by atoms with Crippen molar-refractivity contribution in [2.75, 3.05) is 17.6 Å². The van der Waals surface area contributed by atoms with E-state index in [1.54, 1.807) is 46.5 Å². The van der Waals surface area contributed by atoms with E-state index in [9.17, 15) is 9.59 Å². The van der Waals surface area contributed by atoms with E-state index in [4.69, 9.17) is 0 Å². The highest BCUT2D eigenvalue weighted by atomic mass is 32.2. The average molecular weight is 428 g/mol. The van der Waals surface area contributed by atoms with Crippen LogP contribution < -0.4 is 5.32 Å². The van der Waals surface area contributed by atoms with E-state index < -0.39 is 0 Å². The highest BCUT2D eigenvalue weighted by Crippen LogP contribution is 2.35. The van der Waals surface area contributed by atoms with Gasteiger partial charge in [0.2, 0.25) is 5.91 Å². The van der Waals surface area contributed by atoms with Gasteiger partial charge in [0.15, 0.2) is 5.16 Å². The zero-order chi connectivity index (χ0) is 20.2. The number of nitrogens with one attached hydrogen (secondary N) is 1. The maximum absolute atomic E-state index is 13.1. The van der Waals surface area contributed by atoms with E-state index in [2.05, 4.69) is 21.6 Å². The van der Waals surface area contributed by atoms with Crippen LogP contribution in [0.1, 0.15) is 34.1 Å². The standard InChI is InChI=1S/C20H21N5O2S2/c1-24-13-21-23-20(24)29-12-18(26)22-15-6-2-5-14(11-15)19(27)25-9-3-7-16(25)17-8-4-10-28-17/h2,4-6,8,10-11,13,16H,3,7,9,12H2,1H3,(H,22,26). The van der Waals surface area contributed by atoms with Crippen LogP contribution in [-0.4, -0.2) is 43.8 Å². The van der Waals surface area contributed by atoms with Crippen LogP contribution in [0.5, 0.6) is 0 Å². The number of hydrogen-bond acceptors (Lipinski definition) is 6. The molecule has 2 aromatic heterocycles. The lowest BCUT2D eigenvalue weighted by molar-refractivity contribution is -0.113. The Morgan fingerprint density at radius 1 is 1.31 bits per heavy atom. The van der Waals surface area contributed by atoms with Gasteiger partial charge in [-0.05, 0) is 42.5 Å². The molecule has 150 valence electrons. The van der Waals surface area contributed by atoms with Crippen LogP contribution in [0.25, 0.3) is 0 Å². The Morgan fingerprint density at radius 2 is 2.21 bits per heavy atom. The molecule has 1 aliphatic rings. The molecule has 0 aliphatic carbocycles. The Labute approximate surface area is 177 Å². The van der Waals surface area contributed by atoms with Crippen LogP contribution in [0.4, 0.5) is 5.69 Å². The van der Waals surface area contributed by atoms with Crippen LogP contribution in [0.15, 0.2) is 53.3 Å². The molecule has 1 N–H and O–H groups in total. The summed E-state index contributed by atoms with van der Waals surface area (Å²) >= 11 is 3.00. The van der Waals surface area contributed by atoms with Crippen molar-refractivity contribution in [3.63, 3.8) is 0 Å². The molecule has 1 aromatic carbocycles. The van der Waals surface area contributed by atoms with Crippen molar-refractivity contribution in [3.8, 4) is 0 Å². The van der Waals surface area contributed by atoms with Gasteiger partial charge in [-0.25, -0.2) is 0 Å². The molecule has 0 bridgehead atoms. The summed E-state index contributed by atoms with van der Waals surface area (Å²) in [6.07, 6.45) is 3.59. The van der Waals surface area contributed by atoms with Gasteiger partial charge < -0.3 is 14.8 Å². The number of amides is 2. The van der Waals surface area contributed by atoms with Gasteiger partial charge in [0.05, 0.1) is 11.8 Å². The first kappa shape index (κ1) is 19.7. The molecule has 7 nitrogen and oxygen atoms in total. The van der Waals surface area contributed by atoms with Crippen molar-refractivity contribution in [2.45, 2.75) is 24.0 Å². The van der Waals surface area contributed by atoms with Gasteiger partial charge in [-0.15, -0.1) is 21.5 Å². The largest absolute Gasteiger partial charge is 0.331 e. The van der Waals surface area contributed by atoms with Gasteiger partial charge in [0.25, 0.3) is 5.91 Å². The minimum atomic E-state index is -0.153. The first-order valence-electron chi connectivity index (χ1n) is 9.33. The Morgan fingerprint density at radius 3 is 2.97 bits per heavy atom. The predicted octanol–water partition coefficient (Wildman–Crippen LogP) is 3.58. The van der Waals surface area contributed by atoms with E-state index in [1.165, 1.54) is 16.6 Å². The summed E-state index contributed by atoms with van der Waals surface area (Å²) in [6, 6.07) is 11.4. The van der Waals surface area contributed by atoms with E-state index >= 15 is 0 Å². The summed E-state index contributed by atoms with van der Waals surface area (Å²) in [6.45, 7) is 0.756. The molecule has 9 heteroatoms. The van der Waals surface area contributed by atoms with Crippen LogP contribution in [-0.2, 0) is 11.8 Å². The molecule has 0 radical (unpaired) electrons. The van der Waals surface area contributed by atoms with E-state index in [-0.39, 0.29) is 23.6 Å². The summed E-state index contributed by atoms with van der Waals surface area (Å²) < 4.78 is 1.76. The summed E-state index contributed by atoms with van der Waals surface area (Å²) in [5, 5.41) is 13.3. The molecule has 3 aromatic rings. The fourth-order valence-electron chi connectivity index (χ4n) is 3.41. The minimum Gasteiger partial charge on any atom is -0.331 e. The lowest BCUT2D eigenvalue weighted by Gasteiger charge is -2.24. The van der Waals surface area contributed by atoms with E-state index in [0.29, 0.717) is 16.4 Å². The predicted molar refractivity (Wildman–Crippen MR) is 114 cm³/mol. The second kappa shape index (κ2) is 8.79. The highest BCUT2D eigenvalue weighted by Gasteiger charge is 2.31. The van der Waals surface area contributed by atoms with Crippen molar-refractivity contribution in [1.29, 1.82) is 0 Å². The normalized spacial score (nSPS) is 16.2. The van der Waals surface area contributed by atoms with Crippen molar-refractivity contribution >= 4 is 40.6 Å². The van der Waals surface area contributed by atoms with Gasteiger partial charge in [-0.2, -0.15) is 0 Å². The number of benzene rings is 1. The number of rotatable bonds is 6. The summed E-state index contributed by atoms with van der Waals surface area (Å²) in [7, 11) is 1.83. The topological polar surface area (TPSA) is 80.1 Å². The molecule has 1 aliphatic heterocycles. The molecule has 0 saturated carbocycles. The third-order valence-corrected chi connectivity index (χ3v) is 6.79.